The minimum atomic E-state index is -4.66. The van der Waals surface area contributed by atoms with E-state index in [4.69, 9.17) is 72.2 Å². The lowest BCUT2D eigenvalue weighted by atomic mass is 9.79. The number of phenols is 4. The van der Waals surface area contributed by atoms with Crippen LogP contribution < -0.4 is 10.5 Å². The summed E-state index contributed by atoms with van der Waals surface area (Å²) < 4.78 is 319. The Hall–Kier alpha value is -5.08. The van der Waals surface area contributed by atoms with Gasteiger partial charge in [-0.3, -0.25) is 4.79 Å². The minimum absolute atomic E-state index is 0.0446. The van der Waals surface area contributed by atoms with Gasteiger partial charge in [-0.1, -0.05) is 191 Å². The molecule has 430 valence electrons. The number of nitrogen functional groups attached to an aromatic ring is 1. The number of ether oxygens (including phenoxy) is 2. The van der Waals surface area contributed by atoms with Crippen molar-refractivity contribution >= 4 is 60.6 Å². The van der Waals surface area contributed by atoms with Gasteiger partial charge in [-0.15, -0.1) is 29.9 Å². The number of aromatic hydroxyl groups is 4. The van der Waals surface area contributed by atoms with Crippen molar-refractivity contribution in [3.8, 4) is 28.7 Å². The lowest BCUT2D eigenvalue weighted by molar-refractivity contribution is -0.131. The predicted molar refractivity (Wildman–Crippen MR) is 323 cm³/mol. The number of esters is 1. The number of hydrogen-bond donors (Lipinski definition) is 6. The fraction of sp³-hybridized carbons (Fsp3) is 0.458. The third-order valence-electron chi connectivity index (χ3n) is 8.44. The highest BCUT2D eigenvalue weighted by Gasteiger charge is 2.26. The van der Waals surface area contributed by atoms with E-state index in [2.05, 4.69) is 38.9 Å². The maximum atomic E-state index is 11.5. The highest BCUT2D eigenvalue weighted by atomic mass is 35.5. The second-order valence-corrected chi connectivity index (χ2v) is 18.5. The fourth-order valence-corrected chi connectivity index (χ4v) is 4.93. The summed E-state index contributed by atoms with van der Waals surface area (Å²) in [4.78, 5) is 20.9. The van der Waals surface area contributed by atoms with Crippen LogP contribution in [-0.4, -0.2) is 71.3 Å². The molecule has 5 aromatic carbocycles. The van der Waals surface area contributed by atoms with Gasteiger partial charge in [-0.25, -0.2) is 9.35 Å². The van der Waals surface area contributed by atoms with Gasteiger partial charge in [-0.2, -0.15) is 0 Å². The van der Waals surface area contributed by atoms with Gasteiger partial charge in [0.15, 0.2) is 0 Å². The summed E-state index contributed by atoms with van der Waals surface area (Å²) in [5, 5.41) is 27.3. The fourth-order valence-electron chi connectivity index (χ4n) is 4.93. The number of nitrogens with two attached hydrogens (primary N) is 1. The van der Waals surface area contributed by atoms with Crippen LogP contribution in [0.25, 0.3) is 0 Å². The number of carbonyl (C=O) groups excluding carboxylic acids is 2. The van der Waals surface area contributed by atoms with Crippen LogP contribution in [0.4, 0.5) is 10.5 Å². The zero-order valence-electron chi connectivity index (χ0n) is 81.8. The molecule has 0 amide bonds. The van der Waals surface area contributed by atoms with Crippen molar-refractivity contribution in [2.75, 3.05) is 19.5 Å². The van der Waals surface area contributed by atoms with Crippen molar-refractivity contribution in [1.29, 1.82) is 8.18 Å². The number of anilines is 1. The number of carbonyl (C=O) groups is 2. The first-order valence-corrected chi connectivity index (χ1v) is 24.0. The van der Waals surface area contributed by atoms with Gasteiger partial charge in [-0.05, 0) is 103 Å². The topological polar surface area (TPSA) is 237 Å². The van der Waals surface area contributed by atoms with Crippen molar-refractivity contribution < 1.29 is 101 Å². The van der Waals surface area contributed by atoms with E-state index in [0.29, 0.717) is 14.9 Å². The number of phenolic OH excluding ortho intramolecular Hbond substituents is 4. The summed E-state index contributed by atoms with van der Waals surface area (Å²) in [7, 11) is -3.11. The quantitative estimate of drug-likeness (QED) is 0.0187. The van der Waals surface area contributed by atoms with Crippen LogP contribution in [0, 0.1) is 0 Å². The maximum absolute atomic E-state index is 11.5. The van der Waals surface area contributed by atoms with Crippen LogP contribution in [0.5, 0.6) is 28.7 Å². The van der Waals surface area contributed by atoms with Crippen LogP contribution in [-0.2, 0) is 52.4 Å². The zero-order chi connectivity index (χ0) is 92.3. The molecule has 1 unspecified atom stereocenters. The summed E-state index contributed by atoms with van der Waals surface area (Å²) in [5.41, 5.74) is -7.90. The Morgan fingerprint density at radius 3 is 1.47 bits per heavy atom. The molecule has 0 aromatic heterocycles. The van der Waals surface area contributed by atoms with Gasteiger partial charge in [0.1, 0.15) is 29.9 Å². The molecule has 76 heavy (non-hydrogen) atoms. The molecule has 0 aliphatic carbocycles. The molecule has 0 heterocycles. The average molecular weight is 1180 g/mol. The lowest BCUT2D eigenvalue weighted by Gasteiger charge is -2.27. The third-order valence-corrected chi connectivity index (χ3v) is 8.60. The molecule has 0 aliphatic rings. The molecular formula is C59H93Cl2NO12PS+. The molecule has 5 rings (SSSR count). The monoisotopic (exact) mass is 1180 g/mol. The SMILES string of the molecule is COC(=O)Cl.Oc1ccccc1.[2H]C([2H])([2H])C(C)(C)c1cc(C(C)(C([2H])([2H])[2H])C([2H])([2H])[2H])c(O)cc1N.[2H]Cl.[2H]Oc1c([2H])cc(C(C)(C)C([2H])([2H])[2H])cc1C(C)(C([2H])([2H])[2H])C([2H])([2H])[2H].[2H]Oc1c([2H])cc([2H])cc1[2H].[2H]PC.[2H][O+]([2H])S(=O)(=O)O.[2H]c1cc(C(C)(C)C([2H])([2H])[2H])cc(C(C)(C([2H])([2H])[2H])C([2H])([2H])[2H])c1OC(C)=O. The van der Waals surface area contributed by atoms with E-state index in [9.17, 15) is 23.1 Å². The molecule has 0 aliphatic heterocycles. The molecule has 0 fully saturated rings. The van der Waals surface area contributed by atoms with Gasteiger partial charge >= 0.3 is 24.7 Å². The number of para-hydroxylation sites is 2. The van der Waals surface area contributed by atoms with Crippen LogP contribution in [0.1, 0.15) is 208 Å². The standard InChI is InChI=1S/C16H24O2.C14H23NO.C14H22O.2C6H6O.C2H3ClO2.CH5P.ClH.H2O4S/c1-11(17)18-14-9-8-12(15(2,3)4)10-13(14)16(5,6)7;1-13(2,3)9-7-10(14(4,5)6)12(16)8-11(9)15;1-13(2,3)10-7-8-12(15)11(9-10)14(4,5)6;2*7-6-4-2-1-3-5-6;1-5-2(3)4;1-2;;1-5(2,3)4/h8-10H,1-7H3;7-8,16H,15H2,1-6H3;7-9,15H,1-6H3;2*1-5,7H;1H3;2H2,1H3;1H;(H2,1,2,3,4)/p+1/i2D3,5D3,6D3,9D;1D3,4D3,5D3;1D3,4D3,5D3,8D;1D,4D,5D;;;2D;;/hD5. The minimum Gasteiger partial charge on any atom is -0.508 e. The van der Waals surface area contributed by atoms with Crippen molar-refractivity contribution in [2.45, 2.75) is 163 Å². The normalized spacial score (nSPS) is 19.8. The number of rotatable bonds is 4. The summed E-state index contributed by atoms with van der Waals surface area (Å²) in [5.74, 6) is -2.28. The van der Waals surface area contributed by atoms with E-state index >= 15 is 0 Å². The van der Waals surface area contributed by atoms with E-state index in [1.807, 2.05) is 12.7 Å². The van der Waals surface area contributed by atoms with E-state index in [0.717, 1.165) is 64.1 Å². The second kappa shape index (κ2) is 33.9. The molecule has 0 saturated heterocycles. The highest BCUT2D eigenvalue weighted by molar-refractivity contribution is 7.79. The molecule has 1 atom stereocenters. The molecule has 9 N–H and O–H groups in total. The Labute approximate surface area is 523 Å². The first kappa shape index (κ1) is 31.5. The van der Waals surface area contributed by atoms with Crippen molar-refractivity contribution in [2.24, 2.45) is 0 Å². The lowest BCUT2D eigenvalue weighted by Crippen LogP contribution is -2.18. The summed E-state index contributed by atoms with van der Waals surface area (Å²) in [6, 6.07) is 16.7. The molecular weight excluding hydrogens is 1050 g/mol. The molecule has 0 radical (unpaired) electrons. The average Bonchev–Trinajstić information content (AvgIpc) is 0.736. The van der Waals surface area contributed by atoms with Crippen LogP contribution in [0.2, 0.25) is 0 Å². The Balaban J connectivity index is -0.000000657. The Bertz CT molecular complexity index is 3950. The van der Waals surface area contributed by atoms with Gasteiger partial charge < -0.3 is 40.2 Å². The van der Waals surface area contributed by atoms with Crippen LogP contribution in [0.3, 0.4) is 0 Å². The molecule has 5 aromatic rings. The number of halogens is 2. The summed E-state index contributed by atoms with van der Waals surface area (Å²) >= 11 is 8.49. The summed E-state index contributed by atoms with van der Waals surface area (Å²) in [6.45, 7) is -11.5. The smallest absolute Gasteiger partial charge is 0.508 e. The zero-order valence-corrected chi connectivity index (χ0v) is 47.1. The first-order valence-electron chi connectivity index (χ1n) is 39.7. The second-order valence-electron chi connectivity index (χ2n) is 17.3. The predicted octanol–water partition coefficient (Wildman–Crippen LogP) is 15.0. The van der Waals surface area contributed by atoms with Gasteiger partial charge in [0.2, 0.25) is 0 Å². The van der Waals surface area contributed by atoms with Crippen LogP contribution in [0.15, 0.2) is 109 Å². The number of benzene rings is 5. The van der Waals surface area contributed by atoms with Gasteiger partial charge in [0.25, 0.3) is 2.86 Å². The first-order chi connectivity index (χ1) is 50.4. The maximum Gasteiger partial charge on any atom is 0.526 e. The van der Waals surface area contributed by atoms with E-state index in [-0.39, 0.29) is 56.4 Å². The molecule has 0 spiro atoms. The number of methoxy groups -OCH3 is 1. The van der Waals surface area contributed by atoms with Crippen molar-refractivity contribution in [3.05, 3.63) is 142 Å². The van der Waals surface area contributed by atoms with Gasteiger partial charge in [0, 0.05) is 72.9 Å². The van der Waals surface area contributed by atoms with E-state index in [1.165, 1.54) is 60.8 Å². The Kier molecular flexibility index (Phi) is 14.1. The third kappa shape index (κ3) is 35.3. The highest BCUT2D eigenvalue weighted by Crippen LogP contribution is 2.39. The van der Waals surface area contributed by atoms with E-state index < -0.39 is 156 Å². The molecule has 0 bridgehead atoms. The van der Waals surface area contributed by atoms with Crippen molar-refractivity contribution in [1.82, 2.24) is 0 Å². The largest absolute Gasteiger partial charge is 0.526 e. The van der Waals surface area contributed by atoms with Crippen LogP contribution >= 0.6 is 33.1 Å². The Morgan fingerprint density at radius 2 is 1.11 bits per heavy atom. The molecule has 13 nitrogen and oxygen atoms in total. The van der Waals surface area contributed by atoms with Gasteiger partial charge in [0.05, 0.1) is 15.2 Å². The number of hydrogen-bond acceptors (Lipinski definition) is 11. The molecule has 0 saturated carbocycles. The van der Waals surface area contributed by atoms with Crippen molar-refractivity contribution in [3.63, 3.8) is 0 Å². The molecule has 17 heteroatoms. The Morgan fingerprint density at radius 1 is 0.684 bits per heavy atom. The summed E-state index contributed by atoms with van der Waals surface area (Å²) in [6.07, 6.45) is 0. The van der Waals surface area contributed by atoms with E-state index in [1.54, 1.807) is 24.3 Å².